The molecule has 2 nitrogen and oxygen atoms in total. The quantitative estimate of drug-likeness (QED) is 0.708. The lowest BCUT2D eigenvalue weighted by Gasteiger charge is -2.25. The van der Waals surface area contributed by atoms with Crippen molar-refractivity contribution < 1.29 is 4.39 Å². The van der Waals surface area contributed by atoms with Crippen molar-refractivity contribution in [2.45, 2.75) is 63.6 Å². The van der Waals surface area contributed by atoms with Crippen LogP contribution >= 0.6 is 0 Å². The second-order valence-corrected chi connectivity index (χ2v) is 8.64. The van der Waals surface area contributed by atoms with E-state index in [0.29, 0.717) is 5.92 Å². The molecular formula is C24H25FN2. The highest BCUT2D eigenvalue weighted by atomic mass is 19.1. The molecule has 3 aliphatic rings. The Bertz CT molecular complexity index is 924. The normalized spacial score (nSPS) is 27.1. The van der Waals surface area contributed by atoms with E-state index in [2.05, 4.69) is 30.0 Å². The molecule has 2 aromatic carbocycles. The Morgan fingerprint density at radius 1 is 1.15 bits per heavy atom. The molecule has 0 amide bonds. The molecule has 5 rings (SSSR count). The number of hydrogen-bond donors (Lipinski definition) is 0. The highest BCUT2D eigenvalue weighted by Gasteiger charge is 2.44. The van der Waals surface area contributed by atoms with Gasteiger partial charge in [0.2, 0.25) is 0 Å². The minimum absolute atomic E-state index is 0.116. The van der Waals surface area contributed by atoms with E-state index in [-0.39, 0.29) is 5.56 Å². The van der Waals surface area contributed by atoms with Gasteiger partial charge < -0.3 is 0 Å². The van der Waals surface area contributed by atoms with E-state index in [9.17, 15) is 4.39 Å². The Labute approximate surface area is 160 Å². The van der Waals surface area contributed by atoms with E-state index >= 15 is 0 Å². The third-order valence-corrected chi connectivity index (χ3v) is 6.93. The van der Waals surface area contributed by atoms with Gasteiger partial charge in [-0.15, -0.1) is 0 Å². The average molecular weight is 360 g/mol. The van der Waals surface area contributed by atoms with E-state index in [0.717, 1.165) is 35.7 Å². The molecule has 0 radical (unpaired) electrons. The number of fused-ring (bicyclic) bond motifs is 2. The van der Waals surface area contributed by atoms with Crippen LogP contribution in [0.1, 0.15) is 61.6 Å². The molecule has 0 N–H and O–H groups in total. The Hall–Kier alpha value is -2.18. The summed E-state index contributed by atoms with van der Waals surface area (Å²) in [6, 6.07) is 15.0. The van der Waals surface area contributed by atoms with Gasteiger partial charge in [0.1, 0.15) is 11.9 Å². The fourth-order valence-electron chi connectivity index (χ4n) is 5.49. The molecular weight excluding hydrogens is 335 g/mol. The van der Waals surface area contributed by atoms with Gasteiger partial charge >= 0.3 is 0 Å². The van der Waals surface area contributed by atoms with E-state index < -0.39 is 5.82 Å². The average Bonchev–Trinajstić information content (AvgIpc) is 3.39. The third-order valence-electron chi connectivity index (χ3n) is 6.93. The fraction of sp³-hybridized carbons (Fsp3) is 0.458. The maximum absolute atomic E-state index is 14.2. The second-order valence-electron chi connectivity index (χ2n) is 8.64. The molecule has 2 bridgehead atoms. The van der Waals surface area contributed by atoms with Gasteiger partial charge in [0.25, 0.3) is 0 Å². The van der Waals surface area contributed by atoms with Crippen molar-refractivity contribution in [2.75, 3.05) is 0 Å². The maximum Gasteiger partial charge on any atom is 0.141 e. The zero-order valence-electron chi connectivity index (χ0n) is 15.8. The summed E-state index contributed by atoms with van der Waals surface area (Å²) in [7, 11) is 0. The standard InChI is InChI=1S/C24H25FN2/c1-15-11-20-9-10-23(15)27(20)14-19-3-2-4-21(24(19)16-5-6-16)17-7-8-18(13-26)22(25)12-17/h2-4,7-8,12,15-16,20,23H,5-6,9-11,14H2,1H3/t15-,20+,23-/m0/s1. The summed E-state index contributed by atoms with van der Waals surface area (Å²) in [5.41, 5.74) is 5.00. The molecule has 0 aromatic heterocycles. The topological polar surface area (TPSA) is 27.0 Å². The molecule has 3 atom stereocenters. The number of nitrogens with zero attached hydrogens (tertiary/aromatic N) is 2. The van der Waals surface area contributed by atoms with Gasteiger partial charge in [-0.25, -0.2) is 4.39 Å². The largest absolute Gasteiger partial charge is 0.293 e. The monoisotopic (exact) mass is 360 g/mol. The molecule has 2 aliphatic heterocycles. The zero-order chi connectivity index (χ0) is 18.5. The van der Waals surface area contributed by atoms with Gasteiger partial charge in [0.05, 0.1) is 5.56 Å². The molecule has 0 unspecified atom stereocenters. The van der Waals surface area contributed by atoms with Crippen LogP contribution < -0.4 is 0 Å². The summed E-state index contributed by atoms with van der Waals surface area (Å²) in [5.74, 6) is 0.991. The predicted octanol–water partition coefficient (Wildman–Crippen LogP) is 5.61. The second kappa shape index (κ2) is 6.46. The van der Waals surface area contributed by atoms with Crippen molar-refractivity contribution in [1.29, 1.82) is 5.26 Å². The Balaban J connectivity index is 1.53. The summed E-state index contributed by atoms with van der Waals surface area (Å²) in [6.45, 7) is 3.42. The smallest absolute Gasteiger partial charge is 0.141 e. The van der Waals surface area contributed by atoms with E-state index in [1.807, 2.05) is 12.1 Å². The first-order valence-electron chi connectivity index (χ1n) is 10.2. The minimum atomic E-state index is -0.423. The molecule has 1 saturated carbocycles. The summed E-state index contributed by atoms with van der Waals surface area (Å²) < 4.78 is 14.2. The van der Waals surface area contributed by atoms with Crippen molar-refractivity contribution in [2.24, 2.45) is 5.92 Å². The van der Waals surface area contributed by atoms with Crippen LogP contribution in [-0.4, -0.2) is 17.0 Å². The van der Waals surface area contributed by atoms with Crippen LogP contribution in [0.3, 0.4) is 0 Å². The van der Waals surface area contributed by atoms with Gasteiger partial charge in [0.15, 0.2) is 0 Å². The third kappa shape index (κ3) is 2.87. The van der Waals surface area contributed by atoms with E-state index in [1.165, 1.54) is 49.3 Å². The highest BCUT2D eigenvalue weighted by molar-refractivity contribution is 5.71. The summed E-state index contributed by atoms with van der Waals surface area (Å²) in [4.78, 5) is 2.73. The van der Waals surface area contributed by atoms with E-state index in [1.54, 1.807) is 6.07 Å². The van der Waals surface area contributed by atoms with Crippen molar-refractivity contribution in [3.05, 3.63) is 58.9 Å². The molecule has 1 aliphatic carbocycles. The molecule has 2 saturated heterocycles. The van der Waals surface area contributed by atoms with Crippen LogP contribution in [0.2, 0.25) is 0 Å². The van der Waals surface area contributed by atoms with Crippen molar-refractivity contribution >= 4 is 0 Å². The zero-order valence-corrected chi connectivity index (χ0v) is 15.8. The minimum Gasteiger partial charge on any atom is -0.293 e. The van der Waals surface area contributed by atoms with Gasteiger partial charge in [-0.2, -0.15) is 5.26 Å². The first kappa shape index (κ1) is 17.0. The molecule has 138 valence electrons. The number of benzene rings is 2. The van der Waals surface area contributed by atoms with Crippen LogP contribution in [0.25, 0.3) is 11.1 Å². The number of hydrogen-bond acceptors (Lipinski definition) is 2. The van der Waals surface area contributed by atoms with Gasteiger partial charge in [-0.1, -0.05) is 31.2 Å². The Morgan fingerprint density at radius 2 is 2.00 bits per heavy atom. The number of halogens is 1. The highest BCUT2D eigenvalue weighted by Crippen LogP contribution is 2.48. The number of nitriles is 1. The van der Waals surface area contributed by atoms with Crippen LogP contribution in [0, 0.1) is 23.1 Å². The van der Waals surface area contributed by atoms with Crippen molar-refractivity contribution in [3.8, 4) is 17.2 Å². The first-order chi connectivity index (χ1) is 13.2. The Morgan fingerprint density at radius 3 is 2.63 bits per heavy atom. The molecule has 27 heavy (non-hydrogen) atoms. The lowest BCUT2D eigenvalue weighted by molar-refractivity contribution is 0.231. The summed E-state index contributed by atoms with van der Waals surface area (Å²) in [5, 5.41) is 9.02. The van der Waals surface area contributed by atoms with Crippen molar-refractivity contribution in [1.82, 2.24) is 4.90 Å². The lowest BCUT2D eigenvalue weighted by atomic mass is 9.91. The van der Waals surface area contributed by atoms with Gasteiger partial charge in [-0.3, -0.25) is 4.90 Å². The molecule has 2 aromatic rings. The SMILES string of the molecule is C[C@H]1C[C@H]2CC[C@@H]1N2Cc1cccc(-c2ccc(C#N)c(F)c2)c1C1CC1. The maximum atomic E-state index is 14.2. The molecule has 0 spiro atoms. The lowest BCUT2D eigenvalue weighted by Crippen LogP contribution is -2.29. The predicted molar refractivity (Wildman–Crippen MR) is 105 cm³/mol. The van der Waals surface area contributed by atoms with Crippen LogP contribution in [0.15, 0.2) is 36.4 Å². The van der Waals surface area contributed by atoms with E-state index in [4.69, 9.17) is 5.26 Å². The molecule has 3 fully saturated rings. The Kier molecular flexibility index (Phi) is 4.06. The molecule has 2 heterocycles. The molecule has 3 heteroatoms. The summed E-state index contributed by atoms with van der Waals surface area (Å²) >= 11 is 0. The van der Waals surface area contributed by atoms with Crippen LogP contribution in [0.5, 0.6) is 0 Å². The van der Waals surface area contributed by atoms with Gasteiger partial charge in [0, 0.05) is 18.6 Å². The van der Waals surface area contributed by atoms with Crippen molar-refractivity contribution in [3.63, 3.8) is 0 Å². The number of rotatable bonds is 4. The summed E-state index contributed by atoms with van der Waals surface area (Å²) in [6.07, 6.45) is 6.47. The first-order valence-corrected chi connectivity index (χ1v) is 10.2. The van der Waals surface area contributed by atoms with Gasteiger partial charge in [-0.05, 0) is 78.3 Å². The van der Waals surface area contributed by atoms with Crippen LogP contribution in [0.4, 0.5) is 4.39 Å². The fourth-order valence-corrected chi connectivity index (χ4v) is 5.49. The van der Waals surface area contributed by atoms with Crippen LogP contribution in [-0.2, 0) is 6.54 Å².